The number of benzene rings is 1. The molecular formula is C18H28ClN3O2. The molecule has 0 bridgehead atoms. The second-order valence-electron chi connectivity index (χ2n) is 7.19. The molecule has 0 atom stereocenters. The molecule has 0 spiro atoms. The number of hydrogen-bond donors (Lipinski definition) is 1. The molecule has 1 aliphatic heterocycles. The zero-order valence-corrected chi connectivity index (χ0v) is 15.6. The first-order valence-electron chi connectivity index (χ1n) is 8.46. The molecule has 1 aromatic carbocycles. The smallest absolute Gasteiger partial charge is 0.234 e. The largest absolute Gasteiger partial charge is 0.491 e. The second kappa shape index (κ2) is 8.70. The summed E-state index contributed by atoms with van der Waals surface area (Å²) in [5.74, 6) is 0.828. The fourth-order valence-electron chi connectivity index (χ4n) is 2.68. The van der Waals surface area contributed by atoms with Crippen LogP contribution in [0.1, 0.15) is 20.8 Å². The number of nitrogens with one attached hydrogen (secondary N) is 1. The molecule has 1 N–H and O–H groups in total. The molecular weight excluding hydrogens is 326 g/mol. The number of carbonyl (C=O) groups excluding carboxylic acids is 1. The molecule has 2 rings (SSSR count). The van der Waals surface area contributed by atoms with Crippen molar-refractivity contribution >= 4 is 17.5 Å². The molecule has 0 radical (unpaired) electrons. The molecule has 1 fully saturated rings. The molecule has 6 heteroatoms. The van der Waals surface area contributed by atoms with Crippen molar-refractivity contribution < 1.29 is 9.53 Å². The van der Waals surface area contributed by atoms with Gasteiger partial charge in [-0.2, -0.15) is 0 Å². The average Bonchev–Trinajstić information content (AvgIpc) is 2.49. The molecule has 0 saturated carbocycles. The summed E-state index contributed by atoms with van der Waals surface area (Å²) in [6, 6.07) is 7.53. The van der Waals surface area contributed by atoms with Gasteiger partial charge in [0, 0.05) is 38.3 Å². The fraction of sp³-hybridized carbons (Fsp3) is 0.611. The van der Waals surface area contributed by atoms with Crippen LogP contribution >= 0.6 is 11.6 Å². The quantitative estimate of drug-likeness (QED) is 0.852. The minimum atomic E-state index is -0.172. The predicted octanol–water partition coefficient (Wildman–Crippen LogP) is 2.25. The Hall–Kier alpha value is -1.30. The highest BCUT2D eigenvalue weighted by Gasteiger charge is 2.21. The first kappa shape index (κ1) is 19.0. The van der Waals surface area contributed by atoms with E-state index in [1.54, 1.807) is 0 Å². The maximum absolute atomic E-state index is 12.0. The van der Waals surface area contributed by atoms with Gasteiger partial charge in [0.25, 0.3) is 0 Å². The molecule has 0 unspecified atom stereocenters. The Morgan fingerprint density at radius 1 is 1.17 bits per heavy atom. The predicted molar refractivity (Wildman–Crippen MR) is 97.7 cm³/mol. The van der Waals surface area contributed by atoms with Crippen molar-refractivity contribution in [3.05, 3.63) is 29.3 Å². The van der Waals surface area contributed by atoms with Crippen LogP contribution in [0.4, 0.5) is 0 Å². The zero-order chi connectivity index (χ0) is 17.6. The number of carbonyl (C=O) groups is 1. The minimum absolute atomic E-state index is 0.0954. The van der Waals surface area contributed by atoms with E-state index >= 15 is 0 Å². The Balaban J connectivity index is 1.64. The zero-order valence-electron chi connectivity index (χ0n) is 14.8. The normalized spacial score (nSPS) is 16.8. The van der Waals surface area contributed by atoms with Crippen molar-refractivity contribution in [1.29, 1.82) is 0 Å². The Kier molecular flexibility index (Phi) is 6.90. The summed E-state index contributed by atoms with van der Waals surface area (Å²) in [4.78, 5) is 16.5. The van der Waals surface area contributed by atoms with Crippen molar-refractivity contribution in [1.82, 2.24) is 15.1 Å². The monoisotopic (exact) mass is 353 g/mol. The SMILES string of the molecule is CC(C)(C)NC(=O)CN1CCN(CCOc2ccccc2Cl)CC1. The van der Waals surface area contributed by atoms with Crippen LogP contribution in [0.15, 0.2) is 24.3 Å². The van der Waals surface area contributed by atoms with E-state index in [9.17, 15) is 4.79 Å². The molecule has 5 nitrogen and oxygen atoms in total. The Morgan fingerprint density at radius 3 is 2.42 bits per heavy atom. The van der Waals surface area contributed by atoms with Crippen LogP contribution in [-0.2, 0) is 4.79 Å². The highest BCUT2D eigenvalue weighted by molar-refractivity contribution is 6.32. The van der Waals surface area contributed by atoms with Crippen LogP contribution in [0.5, 0.6) is 5.75 Å². The number of piperazine rings is 1. The lowest BCUT2D eigenvalue weighted by Gasteiger charge is -2.34. The lowest BCUT2D eigenvalue weighted by atomic mass is 10.1. The van der Waals surface area contributed by atoms with Crippen LogP contribution in [-0.4, -0.2) is 67.1 Å². The Labute approximate surface area is 149 Å². The number of halogens is 1. The molecule has 0 aromatic heterocycles. The van der Waals surface area contributed by atoms with Gasteiger partial charge in [-0.1, -0.05) is 23.7 Å². The number of ether oxygens (including phenoxy) is 1. The van der Waals surface area contributed by atoms with Crippen LogP contribution < -0.4 is 10.1 Å². The van der Waals surface area contributed by atoms with E-state index in [1.807, 2.05) is 45.0 Å². The van der Waals surface area contributed by atoms with Gasteiger partial charge in [0.1, 0.15) is 12.4 Å². The summed E-state index contributed by atoms with van der Waals surface area (Å²) in [6.45, 7) is 11.7. The summed E-state index contributed by atoms with van der Waals surface area (Å²) < 4.78 is 5.73. The van der Waals surface area contributed by atoms with E-state index in [2.05, 4.69) is 15.1 Å². The third kappa shape index (κ3) is 6.67. The first-order valence-corrected chi connectivity index (χ1v) is 8.84. The second-order valence-corrected chi connectivity index (χ2v) is 7.60. The maximum Gasteiger partial charge on any atom is 0.234 e. The first-order chi connectivity index (χ1) is 11.3. The maximum atomic E-state index is 12.0. The number of amides is 1. The highest BCUT2D eigenvalue weighted by atomic mass is 35.5. The van der Waals surface area contributed by atoms with E-state index in [-0.39, 0.29) is 11.4 Å². The number of nitrogens with zero attached hydrogens (tertiary/aromatic N) is 2. The van der Waals surface area contributed by atoms with Crippen LogP contribution in [0, 0.1) is 0 Å². The summed E-state index contributed by atoms with van der Waals surface area (Å²) >= 11 is 6.08. The van der Waals surface area contributed by atoms with Gasteiger partial charge in [-0.05, 0) is 32.9 Å². The van der Waals surface area contributed by atoms with Gasteiger partial charge >= 0.3 is 0 Å². The standard InChI is InChI=1S/C18H28ClN3O2/c1-18(2,3)20-17(23)14-22-10-8-21(9-11-22)12-13-24-16-7-5-4-6-15(16)19/h4-7H,8-14H2,1-3H3,(H,20,23). The van der Waals surface area contributed by atoms with E-state index in [0.29, 0.717) is 18.2 Å². The molecule has 1 amide bonds. The fourth-order valence-corrected chi connectivity index (χ4v) is 2.87. The van der Waals surface area contributed by atoms with Crippen LogP contribution in [0.2, 0.25) is 5.02 Å². The van der Waals surface area contributed by atoms with Gasteiger partial charge in [0.15, 0.2) is 0 Å². The topological polar surface area (TPSA) is 44.8 Å². The van der Waals surface area contributed by atoms with Gasteiger partial charge in [-0.3, -0.25) is 14.6 Å². The van der Waals surface area contributed by atoms with E-state index in [1.165, 1.54) is 0 Å². The van der Waals surface area contributed by atoms with Crippen molar-refractivity contribution in [2.24, 2.45) is 0 Å². The molecule has 1 aliphatic rings. The van der Waals surface area contributed by atoms with Gasteiger partial charge in [0.2, 0.25) is 5.91 Å². The Bertz CT molecular complexity index is 537. The summed E-state index contributed by atoms with van der Waals surface area (Å²) in [5, 5.41) is 3.65. The third-order valence-electron chi connectivity index (χ3n) is 3.85. The van der Waals surface area contributed by atoms with Gasteiger partial charge in [-0.15, -0.1) is 0 Å². The minimum Gasteiger partial charge on any atom is -0.491 e. The third-order valence-corrected chi connectivity index (χ3v) is 4.16. The summed E-state index contributed by atoms with van der Waals surface area (Å²) in [5.41, 5.74) is -0.172. The summed E-state index contributed by atoms with van der Waals surface area (Å²) in [7, 11) is 0. The molecule has 134 valence electrons. The van der Waals surface area contributed by atoms with Gasteiger partial charge in [-0.25, -0.2) is 0 Å². The number of hydrogen-bond acceptors (Lipinski definition) is 4. The van der Waals surface area contributed by atoms with Crippen molar-refractivity contribution in [3.63, 3.8) is 0 Å². The van der Waals surface area contributed by atoms with Crippen LogP contribution in [0.25, 0.3) is 0 Å². The highest BCUT2D eigenvalue weighted by Crippen LogP contribution is 2.22. The average molecular weight is 354 g/mol. The van der Waals surface area contributed by atoms with Gasteiger partial charge < -0.3 is 10.1 Å². The molecule has 24 heavy (non-hydrogen) atoms. The Morgan fingerprint density at radius 2 is 1.79 bits per heavy atom. The van der Waals surface area contributed by atoms with E-state index in [4.69, 9.17) is 16.3 Å². The van der Waals surface area contributed by atoms with E-state index < -0.39 is 0 Å². The summed E-state index contributed by atoms with van der Waals surface area (Å²) in [6.07, 6.45) is 0. The van der Waals surface area contributed by atoms with Crippen LogP contribution in [0.3, 0.4) is 0 Å². The number of para-hydroxylation sites is 1. The van der Waals surface area contributed by atoms with Crippen molar-refractivity contribution in [2.75, 3.05) is 45.9 Å². The van der Waals surface area contributed by atoms with Gasteiger partial charge in [0.05, 0.1) is 11.6 Å². The molecule has 1 aromatic rings. The van der Waals surface area contributed by atoms with E-state index in [0.717, 1.165) is 38.5 Å². The molecule has 1 heterocycles. The van der Waals surface area contributed by atoms with Crippen molar-refractivity contribution in [2.45, 2.75) is 26.3 Å². The number of rotatable bonds is 6. The molecule has 1 saturated heterocycles. The van der Waals surface area contributed by atoms with Crippen molar-refractivity contribution in [3.8, 4) is 5.75 Å². The lowest BCUT2D eigenvalue weighted by Crippen LogP contribution is -2.52. The lowest BCUT2D eigenvalue weighted by molar-refractivity contribution is -0.124. The molecule has 0 aliphatic carbocycles.